The predicted molar refractivity (Wildman–Crippen MR) is 76.4 cm³/mol. The number of nitrogens with zero attached hydrogens (tertiary/aromatic N) is 2. The van der Waals surface area contributed by atoms with Gasteiger partial charge in [0.15, 0.2) is 5.16 Å². The summed E-state index contributed by atoms with van der Waals surface area (Å²) in [6.45, 7) is 2.75. The summed E-state index contributed by atoms with van der Waals surface area (Å²) in [5.41, 5.74) is 1.90. The Balaban J connectivity index is 0.00000128. The monoisotopic (exact) mass is 368 g/mol. The summed E-state index contributed by atoms with van der Waals surface area (Å²) < 4.78 is 1.82. The Labute approximate surface area is 118 Å². The average Bonchev–Trinajstić information content (AvgIpc) is 2.24. The fraction of sp³-hybridized carbons (Fsp3) is 0.600. The van der Waals surface area contributed by atoms with Crippen molar-refractivity contribution in [3.05, 3.63) is 21.6 Å². The molecular formula is C10H14Br2N2OS. The maximum atomic E-state index is 12.1. The van der Waals surface area contributed by atoms with Crippen LogP contribution in [0.1, 0.15) is 17.7 Å². The number of aromatic nitrogens is 2. The molecule has 0 aromatic carbocycles. The van der Waals surface area contributed by atoms with Crippen molar-refractivity contribution in [3.63, 3.8) is 0 Å². The first-order chi connectivity index (χ1) is 7.24. The Morgan fingerprint density at radius 1 is 1.56 bits per heavy atom. The topological polar surface area (TPSA) is 34.9 Å². The van der Waals surface area contributed by atoms with Crippen molar-refractivity contribution in [2.45, 2.75) is 31.5 Å². The molecule has 1 aliphatic rings. The maximum absolute atomic E-state index is 12.1. The average molecular weight is 370 g/mol. The van der Waals surface area contributed by atoms with Gasteiger partial charge in [-0.1, -0.05) is 27.7 Å². The van der Waals surface area contributed by atoms with Gasteiger partial charge in [-0.2, -0.15) is 0 Å². The number of fused-ring (bicyclic) bond motifs is 1. The summed E-state index contributed by atoms with van der Waals surface area (Å²) in [6, 6.07) is 0. The van der Waals surface area contributed by atoms with Crippen molar-refractivity contribution < 1.29 is 0 Å². The van der Waals surface area contributed by atoms with E-state index in [2.05, 4.69) is 20.9 Å². The van der Waals surface area contributed by atoms with E-state index in [0.29, 0.717) is 0 Å². The van der Waals surface area contributed by atoms with E-state index in [9.17, 15) is 4.79 Å². The third-order valence-corrected chi connectivity index (χ3v) is 4.00. The van der Waals surface area contributed by atoms with Gasteiger partial charge < -0.3 is 0 Å². The Hall–Kier alpha value is 0.190. The molecule has 3 nitrogen and oxygen atoms in total. The smallest absolute Gasteiger partial charge is 0.257 e. The van der Waals surface area contributed by atoms with Crippen molar-refractivity contribution in [3.8, 4) is 0 Å². The molecule has 0 saturated heterocycles. The number of halogens is 2. The molecule has 0 saturated carbocycles. The van der Waals surface area contributed by atoms with E-state index in [1.54, 1.807) is 11.8 Å². The molecule has 16 heavy (non-hydrogen) atoms. The van der Waals surface area contributed by atoms with Crippen molar-refractivity contribution >= 4 is 44.7 Å². The Morgan fingerprint density at radius 3 is 3.00 bits per heavy atom. The van der Waals surface area contributed by atoms with Gasteiger partial charge in [-0.3, -0.25) is 9.36 Å². The van der Waals surface area contributed by atoms with Crippen molar-refractivity contribution in [2.24, 2.45) is 0 Å². The van der Waals surface area contributed by atoms with Gasteiger partial charge in [-0.15, -0.1) is 17.0 Å². The number of alkyl halides is 1. The summed E-state index contributed by atoms with van der Waals surface area (Å²) in [5, 5.41) is 1.71. The van der Waals surface area contributed by atoms with Gasteiger partial charge in [0.25, 0.3) is 5.56 Å². The largest absolute Gasteiger partial charge is 0.287 e. The van der Waals surface area contributed by atoms with Gasteiger partial charge >= 0.3 is 0 Å². The highest BCUT2D eigenvalue weighted by Crippen LogP contribution is 2.21. The van der Waals surface area contributed by atoms with Gasteiger partial charge in [-0.05, 0) is 19.8 Å². The lowest BCUT2D eigenvalue weighted by atomic mass is 10.2. The highest BCUT2D eigenvalue weighted by atomic mass is 79.9. The van der Waals surface area contributed by atoms with Gasteiger partial charge in [-0.25, -0.2) is 4.98 Å². The predicted octanol–water partition coefficient (Wildman–Crippen LogP) is 2.56. The SMILES string of the molecule is Br.Cc1nc2n(c(=O)c1CCBr)CCCS2. The normalized spacial score (nSPS) is 14.1. The minimum absolute atomic E-state index is 0. The van der Waals surface area contributed by atoms with E-state index in [-0.39, 0.29) is 22.5 Å². The number of rotatable bonds is 2. The standard InChI is InChI=1S/C10H13BrN2OS.BrH/c1-7-8(3-4-11)9(14)13-5-2-6-15-10(13)12-7;/h2-6H2,1H3;1H. The van der Waals surface area contributed by atoms with Crippen LogP contribution in [0, 0.1) is 6.92 Å². The Morgan fingerprint density at radius 2 is 2.31 bits per heavy atom. The summed E-state index contributed by atoms with van der Waals surface area (Å²) >= 11 is 5.05. The van der Waals surface area contributed by atoms with Crippen LogP contribution in [0.4, 0.5) is 0 Å². The first-order valence-corrected chi connectivity index (χ1v) is 7.14. The second-order valence-corrected chi connectivity index (χ2v) is 5.41. The van der Waals surface area contributed by atoms with E-state index < -0.39 is 0 Å². The molecule has 2 heterocycles. The number of thioether (sulfide) groups is 1. The van der Waals surface area contributed by atoms with Gasteiger partial charge in [0.1, 0.15) is 0 Å². The highest BCUT2D eigenvalue weighted by Gasteiger charge is 2.16. The first kappa shape index (κ1) is 14.3. The molecule has 0 amide bonds. The van der Waals surface area contributed by atoms with Crippen LogP contribution in [0.2, 0.25) is 0 Å². The molecule has 0 aliphatic carbocycles. The second-order valence-electron chi connectivity index (χ2n) is 3.56. The molecule has 0 fully saturated rings. The minimum Gasteiger partial charge on any atom is -0.287 e. The molecule has 6 heteroatoms. The Kier molecular flexibility index (Phi) is 5.53. The number of aryl methyl sites for hydroxylation is 1. The third kappa shape index (κ3) is 2.71. The maximum Gasteiger partial charge on any atom is 0.257 e. The molecule has 1 aromatic heterocycles. The van der Waals surface area contributed by atoms with Gasteiger partial charge in [0.2, 0.25) is 0 Å². The molecule has 0 spiro atoms. The summed E-state index contributed by atoms with van der Waals surface area (Å²) in [7, 11) is 0. The molecular weight excluding hydrogens is 356 g/mol. The lowest BCUT2D eigenvalue weighted by molar-refractivity contribution is 0.552. The van der Waals surface area contributed by atoms with E-state index in [1.807, 2.05) is 11.5 Å². The zero-order valence-corrected chi connectivity index (χ0v) is 13.1. The quantitative estimate of drug-likeness (QED) is 0.593. The van der Waals surface area contributed by atoms with Crippen LogP contribution in [0.3, 0.4) is 0 Å². The van der Waals surface area contributed by atoms with Crippen LogP contribution in [0.5, 0.6) is 0 Å². The van der Waals surface area contributed by atoms with E-state index in [0.717, 1.165) is 46.9 Å². The molecule has 2 rings (SSSR count). The number of hydrogen-bond acceptors (Lipinski definition) is 3. The fourth-order valence-electron chi connectivity index (χ4n) is 1.75. The van der Waals surface area contributed by atoms with Gasteiger partial charge in [0, 0.05) is 28.9 Å². The van der Waals surface area contributed by atoms with Crippen LogP contribution in [0.25, 0.3) is 0 Å². The van der Waals surface area contributed by atoms with E-state index >= 15 is 0 Å². The van der Waals surface area contributed by atoms with Crippen LogP contribution in [0.15, 0.2) is 9.95 Å². The van der Waals surface area contributed by atoms with Crippen LogP contribution in [-0.4, -0.2) is 20.6 Å². The molecule has 0 N–H and O–H groups in total. The minimum atomic E-state index is 0. The molecule has 1 aliphatic heterocycles. The van der Waals surface area contributed by atoms with Crippen molar-refractivity contribution in [1.82, 2.24) is 9.55 Å². The van der Waals surface area contributed by atoms with E-state index in [1.165, 1.54) is 0 Å². The fourth-order valence-corrected chi connectivity index (χ4v) is 3.14. The molecule has 90 valence electrons. The molecule has 1 aromatic rings. The van der Waals surface area contributed by atoms with E-state index in [4.69, 9.17) is 0 Å². The lowest BCUT2D eigenvalue weighted by Gasteiger charge is -2.18. The highest BCUT2D eigenvalue weighted by molar-refractivity contribution is 9.09. The molecule has 0 radical (unpaired) electrons. The van der Waals surface area contributed by atoms with Crippen LogP contribution >= 0.6 is 44.7 Å². The van der Waals surface area contributed by atoms with Crippen molar-refractivity contribution in [1.29, 1.82) is 0 Å². The second kappa shape index (κ2) is 6.21. The number of hydrogen-bond donors (Lipinski definition) is 0. The van der Waals surface area contributed by atoms with Crippen molar-refractivity contribution in [2.75, 3.05) is 11.1 Å². The summed E-state index contributed by atoms with van der Waals surface area (Å²) in [6.07, 6.45) is 1.83. The van der Waals surface area contributed by atoms with Gasteiger partial charge in [0.05, 0.1) is 0 Å². The van der Waals surface area contributed by atoms with Crippen LogP contribution in [-0.2, 0) is 13.0 Å². The van der Waals surface area contributed by atoms with Crippen LogP contribution < -0.4 is 5.56 Å². The molecule has 0 unspecified atom stereocenters. The lowest BCUT2D eigenvalue weighted by Crippen LogP contribution is -2.30. The third-order valence-electron chi connectivity index (χ3n) is 2.54. The summed E-state index contributed by atoms with van der Waals surface area (Å²) in [4.78, 5) is 16.6. The Bertz CT molecular complexity index is 434. The zero-order chi connectivity index (χ0) is 10.8. The summed E-state index contributed by atoms with van der Waals surface area (Å²) in [5.74, 6) is 1.07. The molecule has 0 atom stereocenters. The zero-order valence-electron chi connectivity index (χ0n) is 9.03. The first-order valence-electron chi connectivity index (χ1n) is 5.03. The molecule has 0 bridgehead atoms.